The SMILES string of the molecule is Nc1nn(-c2ccc(Br)c(I)c2)c2c1COCC2. The number of ether oxygens (including phenoxy) is 1. The zero-order valence-corrected chi connectivity index (χ0v) is 13.2. The van der Waals surface area contributed by atoms with E-state index in [4.69, 9.17) is 10.5 Å². The van der Waals surface area contributed by atoms with Gasteiger partial charge in [0.15, 0.2) is 5.82 Å². The molecule has 1 aromatic heterocycles. The van der Waals surface area contributed by atoms with Crippen LogP contribution in [0, 0.1) is 3.57 Å². The Morgan fingerprint density at radius 3 is 3.06 bits per heavy atom. The Bertz CT molecular complexity index is 612. The monoisotopic (exact) mass is 419 g/mol. The van der Waals surface area contributed by atoms with Crippen LogP contribution < -0.4 is 5.73 Å². The molecule has 0 atom stereocenters. The standard InChI is InChI=1S/C12H11BrIN3O/c13-9-2-1-7(5-10(9)14)17-11-3-4-18-6-8(11)12(15)16-17/h1-2,5H,3-4,6H2,(H2,15,16). The Hall–Kier alpha value is -0.600. The van der Waals surface area contributed by atoms with E-state index in [1.807, 2.05) is 16.8 Å². The van der Waals surface area contributed by atoms with Gasteiger partial charge in [-0.2, -0.15) is 5.10 Å². The summed E-state index contributed by atoms with van der Waals surface area (Å²) in [5, 5.41) is 4.43. The number of anilines is 1. The van der Waals surface area contributed by atoms with E-state index in [1.54, 1.807) is 0 Å². The molecule has 6 heteroatoms. The van der Waals surface area contributed by atoms with Crippen LogP contribution in [-0.4, -0.2) is 16.4 Å². The molecule has 0 saturated carbocycles. The molecule has 0 aliphatic carbocycles. The minimum atomic E-state index is 0.564. The maximum Gasteiger partial charge on any atom is 0.151 e. The van der Waals surface area contributed by atoms with Crippen molar-refractivity contribution in [3.05, 3.63) is 37.5 Å². The first-order valence-corrected chi connectivity index (χ1v) is 7.43. The number of hydrogen-bond donors (Lipinski definition) is 1. The van der Waals surface area contributed by atoms with E-state index >= 15 is 0 Å². The Balaban J connectivity index is 2.14. The fraction of sp³-hybridized carbons (Fsp3) is 0.250. The molecule has 0 saturated heterocycles. The minimum absolute atomic E-state index is 0.564. The summed E-state index contributed by atoms with van der Waals surface area (Å²) in [5.41, 5.74) is 9.17. The van der Waals surface area contributed by atoms with Crippen LogP contribution in [0.5, 0.6) is 0 Å². The zero-order valence-electron chi connectivity index (χ0n) is 9.49. The van der Waals surface area contributed by atoms with Crippen molar-refractivity contribution < 1.29 is 4.74 Å². The van der Waals surface area contributed by atoms with E-state index in [2.05, 4.69) is 49.7 Å². The van der Waals surface area contributed by atoms with E-state index < -0.39 is 0 Å². The number of rotatable bonds is 1. The smallest absolute Gasteiger partial charge is 0.151 e. The van der Waals surface area contributed by atoms with Gasteiger partial charge >= 0.3 is 0 Å². The lowest BCUT2D eigenvalue weighted by Crippen LogP contribution is -2.13. The molecule has 2 N–H and O–H groups in total. The zero-order chi connectivity index (χ0) is 12.7. The predicted molar refractivity (Wildman–Crippen MR) is 81.8 cm³/mol. The summed E-state index contributed by atoms with van der Waals surface area (Å²) < 4.78 is 9.60. The first-order valence-electron chi connectivity index (χ1n) is 5.56. The van der Waals surface area contributed by atoms with Crippen molar-refractivity contribution in [3.8, 4) is 5.69 Å². The maximum absolute atomic E-state index is 5.94. The van der Waals surface area contributed by atoms with Crippen LogP contribution in [0.4, 0.5) is 5.82 Å². The summed E-state index contributed by atoms with van der Waals surface area (Å²) in [5.74, 6) is 0.572. The molecule has 0 radical (unpaired) electrons. The summed E-state index contributed by atoms with van der Waals surface area (Å²) in [6.07, 6.45) is 0.853. The molecule has 1 aromatic carbocycles. The first kappa shape index (κ1) is 12.4. The van der Waals surface area contributed by atoms with E-state index in [1.165, 1.54) is 0 Å². The highest BCUT2D eigenvalue weighted by Crippen LogP contribution is 2.27. The molecule has 94 valence electrons. The molecule has 1 aliphatic rings. The highest BCUT2D eigenvalue weighted by atomic mass is 127. The third-order valence-corrected chi connectivity index (χ3v) is 5.32. The van der Waals surface area contributed by atoms with E-state index in [0.717, 1.165) is 38.0 Å². The Morgan fingerprint density at radius 2 is 2.28 bits per heavy atom. The number of halogens is 2. The first-order chi connectivity index (χ1) is 8.66. The summed E-state index contributed by atoms with van der Waals surface area (Å²) in [6, 6.07) is 6.15. The molecule has 0 bridgehead atoms. The summed E-state index contributed by atoms with van der Waals surface area (Å²) in [4.78, 5) is 0. The van der Waals surface area contributed by atoms with Gasteiger partial charge in [-0.05, 0) is 56.7 Å². The number of aromatic nitrogens is 2. The summed E-state index contributed by atoms with van der Waals surface area (Å²) >= 11 is 5.80. The van der Waals surface area contributed by atoms with Crippen molar-refractivity contribution in [2.45, 2.75) is 13.0 Å². The molecule has 0 unspecified atom stereocenters. The second-order valence-electron chi connectivity index (χ2n) is 4.12. The second-order valence-corrected chi connectivity index (χ2v) is 6.14. The third-order valence-electron chi connectivity index (χ3n) is 3.00. The fourth-order valence-corrected chi connectivity index (χ4v) is 2.84. The Kier molecular flexibility index (Phi) is 3.33. The van der Waals surface area contributed by atoms with Crippen molar-refractivity contribution in [3.63, 3.8) is 0 Å². The Labute approximate surface area is 127 Å². The van der Waals surface area contributed by atoms with Gasteiger partial charge in [-0.1, -0.05) is 0 Å². The van der Waals surface area contributed by atoms with E-state index in [9.17, 15) is 0 Å². The largest absolute Gasteiger partial charge is 0.382 e. The normalized spacial score (nSPS) is 14.6. The number of nitrogens with zero attached hydrogens (tertiary/aromatic N) is 2. The van der Waals surface area contributed by atoms with Crippen LogP contribution in [0.2, 0.25) is 0 Å². The summed E-state index contributed by atoms with van der Waals surface area (Å²) in [7, 11) is 0. The van der Waals surface area contributed by atoms with Gasteiger partial charge in [0.25, 0.3) is 0 Å². The van der Waals surface area contributed by atoms with Crippen LogP contribution in [0.1, 0.15) is 11.3 Å². The van der Waals surface area contributed by atoms with Gasteiger partial charge in [-0.15, -0.1) is 0 Å². The van der Waals surface area contributed by atoms with E-state index in [-0.39, 0.29) is 0 Å². The van der Waals surface area contributed by atoms with Gasteiger partial charge in [-0.25, -0.2) is 4.68 Å². The van der Waals surface area contributed by atoms with Crippen LogP contribution in [0.15, 0.2) is 22.7 Å². The highest BCUT2D eigenvalue weighted by Gasteiger charge is 2.20. The lowest BCUT2D eigenvalue weighted by atomic mass is 10.1. The molecule has 2 aromatic rings. The van der Waals surface area contributed by atoms with E-state index in [0.29, 0.717) is 12.4 Å². The quantitative estimate of drug-likeness (QED) is 0.723. The molecule has 1 aliphatic heterocycles. The minimum Gasteiger partial charge on any atom is -0.382 e. The van der Waals surface area contributed by atoms with Crippen LogP contribution in [0.3, 0.4) is 0 Å². The van der Waals surface area contributed by atoms with Gasteiger partial charge in [0, 0.05) is 20.0 Å². The fourth-order valence-electron chi connectivity index (χ4n) is 2.09. The van der Waals surface area contributed by atoms with Gasteiger partial charge in [-0.3, -0.25) is 0 Å². The van der Waals surface area contributed by atoms with Crippen molar-refractivity contribution in [2.24, 2.45) is 0 Å². The van der Waals surface area contributed by atoms with Gasteiger partial charge in [0.1, 0.15) is 0 Å². The third kappa shape index (κ3) is 2.06. The molecule has 2 heterocycles. The molecule has 4 nitrogen and oxygen atoms in total. The van der Waals surface area contributed by atoms with Crippen molar-refractivity contribution >= 4 is 44.3 Å². The highest BCUT2D eigenvalue weighted by molar-refractivity contribution is 14.1. The molecular formula is C12H11BrIN3O. The molecule has 0 spiro atoms. The molecule has 0 amide bonds. The average molecular weight is 420 g/mol. The lowest BCUT2D eigenvalue weighted by molar-refractivity contribution is 0.110. The topological polar surface area (TPSA) is 53.1 Å². The van der Waals surface area contributed by atoms with Crippen LogP contribution in [-0.2, 0) is 17.8 Å². The van der Waals surface area contributed by atoms with Crippen LogP contribution >= 0.6 is 38.5 Å². The number of fused-ring (bicyclic) bond motifs is 1. The number of benzene rings is 1. The summed E-state index contributed by atoms with van der Waals surface area (Å²) in [6.45, 7) is 1.29. The maximum atomic E-state index is 5.94. The van der Waals surface area contributed by atoms with Gasteiger partial charge < -0.3 is 10.5 Å². The molecular weight excluding hydrogens is 409 g/mol. The van der Waals surface area contributed by atoms with Crippen molar-refractivity contribution in [2.75, 3.05) is 12.3 Å². The molecule has 3 rings (SSSR count). The average Bonchev–Trinajstić information content (AvgIpc) is 2.71. The van der Waals surface area contributed by atoms with Crippen molar-refractivity contribution in [1.29, 1.82) is 0 Å². The molecule has 18 heavy (non-hydrogen) atoms. The number of nitrogen functional groups attached to an aromatic ring is 1. The number of hydrogen-bond acceptors (Lipinski definition) is 3. The lowest BCUT2D eigenvalue weighted by Gasteiger charge is -2.14. The Morgan fingerprint density at radius 1 is 1.44 bits per heavy atom. The van der Waals surface area contributed by atoms with Crippen molar-refractivity contribution in [1.82, 2.24) is 9.78 Å². The van der Waals surface area contributed by atoms with Crippen LogP contribution in [0.25, 0.3) is 5.69 Å². The van der Waals surface area contributed by atoms with Gasteiger partial charge in [0.05, 0.1) is 24.6 Å². The predicted octanol–water partition coefficient (Wildman–Crippen LogP) is 2.89. The second kappa shape index (κ2) is 4.82. The molecule has 0 fully saturated rings. The van der Waals surface area contributed by atoms with Gasteiger partial charge in [0.2, 0.25) is 0 Å². The number of nitrogens with two attached hydrogens (primary N) is 1.